The van der Waals surface area contributed by atoms with Gasteiger partial charge in [-0.25, -0.2) is 9.82 Å². The van der Waals surface area contributed by atoms with Crippen LogP contribution in [0, 0.1) is 5.82 Å². The molecule has 0 aliphatic rings. The maximum absolute atomic E-state index is 12.8. The molecule has 2 rings (SSSR count). The first-order valence-electron chi connectivity index (χ1n) is 7.68. The SMILES string of the molecule is C/C(CC(=O)Nc1ccc(F)cc1)=N/NC(=O)COc1ccc(Br)cc1. The molecule has 2 amide bonds. The highest BCUT2D eigenvalue weighted by molar-refractivity contribution is 9.10. The van der Waals surface area contributed by atoms with E-state index in [1.165, 1.54) is 24.3 Å². The first-order chi connectivity index (χ1) is 12.4. The maximum Gasteiger partial charge on any atom is 0.277 e. The van der Waals surface area contributed by atoms with Gasteiger partial charge in [-0.1, -0.05) is 15.9 Å². The zero-order chi connectivity index (χ0) is 18.9. The quantitative estimate of drug-likeness (QED) is 0.530. The van der Waals surface area contributed by atoms with Gasteiger partial charge in [-0.05, 0) is 55.5 Å². The molecule has 0 saturated carbocycles. The van der Waals surface area contributed by atoms with Crippen LogP contribution in [0.15, 0.2) is 58.1 Å². The second-order valence-corrected chi connectivity index (χ2v) is 6.27. The molecule has 26 heavy (non-hydrogen) atoms. The molecule has 2 N–H and O–H groups in total. The van der Waals surface area contributed by atoms with E-state index in [0.29, 0.717) is 17.1 Å². The number of nitrogens with one attached hydrogen (secondary N) is 2. The minimum absolute atomic E-state index is 0.00870. The molecule has 6 nitrogen and oxygen atoms in total. The standard InChI is InChI=1S/C18H17BrFN3O3/c1-12(10-17(24)21-15-6-4-14(20)5-7-15)22-23-18(25)11-26-16-8-2-13(19)3-9-16/h2-9H,10-11H2,1H3,(H,21,24)(H,23,25)/b22-12-. The molecule has 8 heteroatoms. The topological polar surface area (TPSA) is 79.8 Å². The number of anilines is 1. The van der Waals surface area contributed by atoms with Crippen molar-refractivity contribution < 1.29 is 18.7 Å². The molecule has 0 bridgehead atoms. The van der Waals surface area contributed by atoms with Crippen LogP contribution in [0.2, 0.25) is 0 Å². The molecule has 0 atom stereocenters. The van der Waals surface area contributed by atoms with E-state index in [0.717, 1.165) is 4.47 Å². The van der Waals surface area contributed by atoms with Crippen LogP contribution in [0.5, 0.6) is 5.75 Å². The smallest absolute Gasteiger partial charge is 0.277 e. The predicted molar refractivity (Wildman–Crippen MR) is 101 cm³/mol. The Kier molecular flexibility index (Phi) is 7.28. The third-order valence-corrected chi connectivity index (χ3v) is 3.63. The number of halogens is 2. The normalized spacial score (nSPS) is 11.0. The van der Waals surface area contributed by atoms with Gasteiger partial charge in [0.2, 0.25) is 5.91 Å². The highest BCUT2D eigenvalue weighted by atomic mass is 79.9. The summed E-state index contributed by atoms with van der Waals surface area (Å²) in [4.78, 5) is 23.6. The summed E-state index contributed by atoms with van der Waals surface area (Å²) in [6.07, 6.45) is -0.00870. The molecular formula is C18H17BrFN3O3. The second kappa shape index (κ2) is 9.67. The minimum Gasteiger partial charge on any atom is -0.484 e. The summed E-state index contributed by atoms with van der Waals surface area (Å²) in [5.74, 6) is -0.582. The average molecular weight is 422 g/mol. The van der Waals surface area contributed by atoms with Crippen molar-refractivity contribution in [2.24, 2.45) is 5.10 Å². The first kappa shape index (κ1) is 19.6. The Morgan fingerprint density at radius 1 is 1.08 bits per heavy atom. The van der Waals surface area contributed by atoms with Gasteiger partial charge >= 0.3 is 0 Å². The van der Waals surface area contributed by atoms with Crippen molar-refractivity contribution in [2.45, 2.75) is 13.3 Å². The van der Waals surface area contributed by atoms with Crippen LogP contribution in [-0.4, -0.2) is 24.1 Å². The minimum atomic E-state index is -0.439. The van der Waals surface area contributed by atoms with Crippen LogP contribution in [0.1, 0.15) is 13.3 Å². The third-order valence-electron chi connectivity index (χ3n) is 3.10. The molecule has 0 aromatic heterocycles. The van der Waals surface area contributed by atoms with E-state index < -0.39 is 5.91 Å². The van der Waals surface area contributed by atoms with E-state index in [-0.39, 0.29) is 24.8 Å². The van der Waals surface area contributed by atoms with Gasteiger partial charge in [0.15, 0.2) is 6.61 Å². The van der Waals surface area contributed by atoms with E-state index in [2.05, 4.69) is 31.8 Å². The van der Waals surface area contributed by atoms with Gasteiger partial charge in [-0.15, -0.1) is 0 Å². The summed E-state index contributed by atoms with van der Waals surface area (Å²) in [7, 11) is 0. The average Bonchev–Trinajstić information content (AvgIpc) is 2.61. The van der Waals surface area contributed by atoms with E-state index in [9.17, 15) is 14.0 Å². The Hall–Kier alpha value is -2.74. The molecule has 0 radical (unpaired) electrons. The number of nitrogens with zero attached hydrogens (tertiary/aromatic N) is 1. The second-order valence-electron chi connectivity index (χ2n) is 5.36. The maximum atomic E-state index is 12.8. The van der Waals surface area contributed by atoms with Crippen LogP contribution in [0.25, 0.3) is 0 Å². The third kappa shape index (κ3) is 7.02. The molecular weight excluding hydrogens is 405 g/mol. The lowest BCUT2D eigenvalue weighted by Gasteiger charge is -2.07. The zero-order valence-electron chi connectivity index (χ0n) is 14.0. The van der Waals surface area contributed by atoms with Crippen LogP contribution in [-0.2, 0) is 9.59 Å². The van der Waals surface area contributed by atoms with Gasteiger partial charge < -0.3 is 10.1 Å². The Morgan fingerprint density at radius 3 is 2.38 bits per heavy atom. The number of hydrogen-bond donors (Lipinski definition) is 2. The van der Waals surface area contributed by atoms with Gasteiger partial charge in [0, 0.05) is 15.9 Å². The van der Waals surface area contributed by atoms with Crippen molar-refractivity contribution >= 4 is 39.1 Å². The van der Waals surface area contributed by atoms with Crippen LogP contribution in [0.4, 0.5) is 10.1 Å². The lowest BCUT2D eigenvalue weighted by atomic mass is 10.2. The predicted octanol–water partition coefficient (Wildman–Crippen LogP) is 3.49. The zero-order valence-corrected chi connectivity index (χ0v) is 15.5. The van der Waals surface area contributed by atoms with Crippen LogP contribution < -0.4 is 15.5 Å². The highest BCUT2D eigenvalue weighted by Gasteiger charge is 2.06. The molecule has 0 aliphatic heterocycles. The summed E-state index contributed by atoms with van der Waals surface area (Å²) in [5, 5.41) is 6.47. The monoisotopic (exact) mass is 421 g/mol. The lowest BCUT2D eigenvalue weighted by Crippen LogP contribution is -2.26. The van der Waals surface area contributed by atoms with Crippen LogP contribution in [0.3, 0.4) is 0 Å². The summed E-state index contributed by atoms with van der Waals surface area (Å²) in [6.45, 7) is 1.42. The summed E-state index contributed by atoms with van der Waals surface area (Å²) < 4.78 is 19.0. The largest absolute Gasteiger partial charge is 0.484 e. The van der Waals surface area contributed by atoms with E-state index in [1.807, 2.05) is 0 Å². The molecule has 0 saturated heterocycles. The summed E-state index contributed by atoms with van der Waals surface area (Å²) in [5.41, 5.74) is 3.23. The lowest BCUT2D eigenvalue weighted by molar-refractivity contribution is -0.123. The summed E-state index contributed by atoms with van der Waals surface area (Å²) in [6, 6.07) is 12.5. The van der Waals surface area contributed by atoms with Crippen molar-refractivity contribution in [3.63, 3.8) is 0 Å². The molecule has 0 aliphatic carbocycles. The van der Waals surface area contributed by atoms with Gasteiger partial charge in [0.1, 0.15) is 11.6 Å². The molecule has 0 spiro atoms. The van der Waals surface area contributed by atoms with Crippen molar-refractivity contribution in [3.8, 4) is 5.75 Å². The molecule has 2 aromatic rings. The van der Waals surface area contributed by atoms with Crippen molar-refractivity contribution in [2.75, 3.05) is 11.9 Å². The number of carbonyl (C=O) groups is 2. The Bertz CT molecular complexity index is 792. The first-order valence-corrected chi connectivity index (χ1v) is 8.47. The molecule has 2 aromatic carbocycles. The number of ether oxygens (including phenoxy) is 1. The number of hydrogen-bond acceptors (Lipinski definition) is 4. The molecule has 0 unspecified atom stereocenters. The van der Waals surface area contributed by atoms with Gasteiger partial charge in [0.25, 0.3) is 5.91 Å². The van der Waals surface area contributed by atoms with Crippen molar-refractivity contribution in [3.05, 3.63) is 58.8 Å². The summed E-state index contributed by atoms with van der Waals surface area (Å²) >= 11 is 3.31. The fourth-order valence-electron chi connectivity index (χ4n) is 1.88. The van der Waals surface area contributed by atoms with E-state index in [4.69, 9.17) is 4.74 Å². The number of carbonyl (C=O) groups excluding carboxylic acids is 2. The fraction of sp³-hybridized carbons (Fsp3) is 0.167. The van der Waals surface area contributed by atoms with Crippen molar-refractivity contribution in [1.82, 2.24) is 5.43 Å². The van der Waals surface area contributed by atoms with Gasteiger partial charge in [-0.2, -0.15) is 5.10 Å². The highest BCUT2D eigenvalue weighted by Crippen LogP contribution is 2.15. The van der Waals surface area contributed by atoms with Crippen LogP contribution >= 0.6 is 15.9 Å². The number of benzene rings is 2. The van der Waals surface area contributed by atoms with E-state index in [1.54, 1.807) is 31.2 Å². The van der Waals surface area contributed by atoms with E-state index >= 15 is 0 Å². The Balaban J connectivity index is 1.74. The van der Waals surface area contributed by atoms with Crippen molar-refractivity contribution in [1.29, 1.82) is 0 Å². The number of amides is 2. The van der Waals surface area contributed by atoms with Gasteiger partial charge in [-0.3, -0.25) is 9.59 Å². The molecule has 136 valence electrons. The molecule has 0 fully saturated rings. The van der Waals surface area contributed by atoms with Gasteiger partial charge in [0.05, 0.1) is 6.42 Å². The Labute approximate surface area is 158 Å². The number of rotatable bonds is 7. The Morgan fingerprint density at radius 2 is 1.73 bits per heavy atom. The fourth-order valence-corrected chi connectivity index (χ4v) is 2.14. The molecule has 0 heterocycles. The number of hydrazone groups is 1.